The van der Waals surface area contributed by atoms with Gasteiger partial charge in [-0.25, -0.2) is 4.79 Å². The average molecular weight is 282 g/mol. The first-order chi connectivity index (χ1) is 8.95. The molecule has 0 amide bonds. The summed E-state index contributed by atoms with van der Waals surface area (Å²) in [4.78, 5) is 11.2. The van der Waals surface area contributed by atoms with Crippen molar-refractivity contribution in [2.24, 2.45) is 11.8 Å². The third kappa shape index (κ3) is 3.63. The van der Waals surface area contributed by atoms with Crippen molar-refractivity contribution in [3.8, 4) is 0 Å². The molecule has 104 valence electrons. The molecule has 0 spiro atoms. The largest absolute Gasteiger partial charge is 0.478 e. The lowest BCUT2D eigenvalue weighted by Gasteiger charge is -2.33. The fourth-order valence-corrected chi connectivity index (χ4v) is 3.28. The van der Waals surface area contributed by atoms with Crippen molar-refractivity contribution in [1.82, 2.24) is 0 Å². The van der Waals surface area contributed by atoms with Crippen LogP contribution < -0.4 is 5.32 Å². The van der Waals surface area contributed by atoms with E-state index in [1.807, 2.05) is 0 Å². The number of carboxylic acids is 1. The second-order valence-electron chi connectivity index (χ2n) is 5.75. The summed E-state index contributed by atoms with van der Waals surface area (Å²) in [6, 6.07) is 5.34. The van der Waals surface area contributed by atoms with Crippen LogP contribution in [0.4, 0.5) is 5.69 Å². The van der Waals surface area contributed by atoms with Crippen LogP contribution in [0.15, 0.2) is 18.2 Å². The van der Waals surface area contributed by atoms with Crippen LogP contribution in [0.1, 0.15) is 43.5 Å². The van der Waals surface area contributed by atoms with E-state index in [2.05, 4.69) is 19.2 Å². The first-order valence-electron chi connectivity index (χ1n) is 6.75. The number of nitrogens with one attached hydrogen (secondary N) is 1. The van der Waals surface area contributed by atoms with Crippen molar-refractivity contribution in [2.75, 3.05) is 5.32 Å². The molecule has 0 saturated heterocycles. The fraction of sp³-hybridized carbons (Fsp3) is 0.533. The SMILES string of the molecule is CC1CC(C)CC(Nc2ccc(Cl)cc2C(=O)O)C1. The highest BCUT2D eigenvalue weighted by atomic mass is 35.5. The number of carboxylic acid groups (broad SMARTS) is 1. The van der Waals surface area contributed by atoms with E-state index in [0.717, 1.165) is 12.8 Å². The molecule has 0 bridgehead atoms. The Morgan fingerprint density at radius 2 is 1.89 bits per heavy atom. The minimum Gasteiger partial charge on any atom is -0.478 e. The Hall–Kier alpha value is -1.22. The number of rotatable bonds is 3. The third-order valence-corrected chi connectivity index (χ3v) is 3.99. The van der Waals surface area contributed by atoms with Crippen LogP contribution in [0.5, 0.6) is 0 Å². The van der Waals surface area contributed by atoms with Gasteiger partial charge in [0.05, 0.1) is 5.56 Å². The van der Waals surface area contributed by atoms with Crippen LogP contribution in [0, 0.1) is 11.8 Å². The van der Waals surface area contributed by atoms with Crippen molar-refractivity contribution in [1.29, 1.82) is 0 Å². The molecule has 2 rings (SSSR count). The second kappa shape index (κ2) is 5.83. The van der Waals surface area contributed by atoms with Crippen LogP contribution in [-0.4, -0.2) is 17.1 Å². The van der Waals surface area contributed by atoms with Crippen molar-refractivity contribution in [3.63, 3.8) is 0 Å². The molecule has 19 heavy (non-hydrogen) atoms. The molecular weight excluding hydrogens is 262 g/mol. The Labute approximate surface area is 119 Å². The summed E-state index contributed by atoms with van der Waals surface area (Å²) in [7, 11) is 0. The molecule has 0 aromatic heterocycles. The van der Waals surface area contributed by atoms with E-state index in [0.29, 0.717) is 28.6 Å². The number of aromatic carboxylic acids is 1. The first-order valence-corrected chi connectivity index (χ1v) is 7.13. The summed E-state index contributed by atoms with van der Waals surface area (Å²) in [6.07, 6.45) is 3.43. The molecule has 2 atom stereocenters. The van der Waals surface area contributed by atoms with Crippen LogP contribution in [-0.2, 0) is 0 Å². The maximum absolute atomic E-state index is 11.2. The van der Waals surface area contributed by atoms with Gasteiger partial charge < -0.3 is 10.4 Å². The number of anilines is 1. The predicted molar refractivity (Wildman–Crippen MR) is 78.0 cm³/mol. The van der Waals surface area contributed by atoms with E-state index in [9.17, 15) is 9.90 Å². The maximum Gasteiger partial charge on any atom is 0.337 e. The van der Waals surface area contributed by atoms with Crippen LogP contribution >= 0.6 is 11.6 Å². The summed E-state index contributed by atoms with van der Waals surface area (Å²) in [5, 5.41) is 13.1. The standard InChI is InChI=1S/C15H20ClNO2/c1-9-5-10(2)7-12(6-9)17-14-4-3-11(16)8-13(14)15(18)19/h3-4,8-10,12,17H,5-7H2,1-2H3,(H,18,19). The number of halogens is 1. The van der Waals surface area contributed by atoms with Gasteiger partial charge in [-0.1, -0.05) is 25.4 Å². The summed E-state index contributed by atoms with van der Waals surface area (Å²) in [5.41, 5.74) is 0.918. The summed E-state index contributed by atoms with van der Waals surface area (Å²) >= 11 is 5.86. The molecule has 4 heteroatoms. The number of hydrogen-bond acceptors (Lipinski definition) is 2. The van der Waals surface area contributed by atoms with Gasteiger partial charge in [0.15, 0.2) is 0 Å². The lowest BCUT2D eigenvalue weighted by molar-refractivity contribution is 0.0698. The van der Waals surface area contributed by atoms with E-state index < -0.39 is 5.97 Å². The molecule has 2 N–H and O–H groups in total. The van der Waals surface area contributed by atoms with E-state index in [4.69, 9.17) is 11.6 Å². The van der Waals surface area contributed by atoms with Gasteiger partial charge in [0, 0.05) is 16.8 Å². The van der Waals surface area contributed by atoms with Gasteiger partial charge in [-0.3, -0.25) is 0 Å². The molecule has 1 aromatic rings. The quantitative estimate of drug-likeness (QED) is 0.870. The molecule has 1 fully saturated rings. The van der Waals surface area contributed by atoms with Gasteiger partial charge in [-0.2, -0.15) is 0 Å². The Balaban J connectivity index is 2.16. The van der Waals surface area contributed by atoms with Gasteiger partial charge >= 0.3 is 5.97 Å². The fourth-order valence-electron chi connectivity index (χ4n) is 3.10. The van der Waals surface area contributed by atoms with E-state index in [1.165, 1.54) is 12.5 Å². The summed E-state index contributed by atoms with van der Waals surface area (Å²) < 4.78 is 0. The molecule has 2 unspecified atom stereocenters. The highest BCUT2D eigenvalue weighted by molar-refractivity contribution is 6.31. The van der Waals surface area contributed by atoms with Crippen molar-refractivity contribution in [2.45, 2.75) is 39.2 Å². The molecule has 1 aliphatic rings. The minimum absolute atomic E-state index is 0.248. The van der Waals surface area contributed by atoms with E-state index in [1.54, 1.807) is 12.1 Å². The average Bonchev–Trinajstić information content (AvgIpc) is 2.30. The van der Waals surface area contributed by atoms with Gasteiger partial charge in [0.1, 0.15) is 0 Å². The molecule has 0 aliphatic heterocycles. The van der Waals surface area contributed by atoms with E-state index in [-0.39, 0.29) is 5.56 Å². The molecule has 1 saturated carbocycles. The van der Waals surface area contributed by atoms with Crippen LogP contribution in [0.2, 0.25) is 5.02 Å². The highest BCUT2D eigenvalue weighted by Gasteiger charge is 2.24. The topological polar surface area (TPSA) is 49.3 Å². The van der Waals surface area contributed by atoms with Gasteiger partial charge in [-0.15, -0.1) is 0 Å². The number of hydrogen-bond donors (Lipinski definition) is 2. The number of benzene rings is 1. The maximum atomic E-state index is 11.2. The zero-order valence-electron chi connectivity index (χ0n) is 11.3. The second-order valence-corrected chi connectivity index (χ2v) is 6.19. The minimum atomic E-state index is -0.943. The molecule has 0 radical (unpaired) electrons. The van der Waals surface area contributed by atoms with Crippen molar-refractivity contribution >= 4 is 23.3 Å². The summed E-state index contributed by atoms with van der Waals surface area (Å²) in [6.45, 7) is 4.51. The molecule has 3 nitrogen and oxygen atoms in total. The molecular formula is C15H20ClNO2. The normalized spacial score (nSPS) is 27.0. The predicted octanol–water partition coefficient (Wildman–Crippen LogP) is 4.27. The monoisotopic (exact) mass is 281 g/mol. The smallest absolute Gasteiger partial charge is 0.337 e. The zero-order valence-corrected chi connectivity index (χ0v) is 12.1. The van der Waals surface area contributed by atoms with Gasteiger partial charge in [-0.05, 0) is 49.3 Å². The van der Waals surface area contributed by atoms with Gasteiger partial charge in [0.2, 0.25) is 0 Å². The zero-order chi connectivity index (χ0) is 14.0. The lowest BCUT2D eigenvalue weighted by Crippen LogP contribution is -2.30. The van der Waals surface area contributed by atoms with Crippen LogP contribution in [0.3, 0.4) is 0 Å². The molecule has 0 heterocycles. The Kier molecular flexibility index (Phi) is 4.35. The van der Waals surface area contributed by atoms with Crippen molar-refractivity contribution < 1.29 is 9.90 Å². The Morgan fingerprint density at radius 3 is 2.47 bits per heavy atom. The molecule has 1 aliphatic carbocycles. The number of carbonyl (C=O) groups is 1. The summed E-state index contributed by atoms with van der Waals surface area (Å²) in [5.74, 6) is 0.422. The highest BCUT2D eigenvalue weighted by Crippen LogP contribution is 2.31. The first kappa shape index (κ1) is 14.2. The van der Waals surface area contributed by atoms with Crippen molar-refractivity contribution in [3.05, 3.63) is 28.8 Å². The van der Waals surface area contributed by atoms with Crippen LogP contribution in [0.25, 0.3) is 0 Å². The third-order valence-electron chi connectivity index (χ3n) is 3.75. The van der Waals surface area contributed by atoms with E-state index >= 15 is 0 Å². The Bertz CT molecular complexity index is 465. The Morgan fingerprint density at radius 1 is 1.26 bits per heavy atom. The molecule has 1 aromatic carbocycles. The van der Waals surface area contributed by atoms with Gasteiger partial charge in [0.25, 0.3) is 0 Å². The lowest BCUT2D eigenvalue weighted by atomic mass is 9.80.